The molecule has 0 amide bonds. The van der Waals surface area contributed by atoms with E-state index in [9.17, 15) is 0 Å². The summed E-state index contributed by atoms with van der Waals surface area (Å²) in [5.41, 5.74) is 1.10. The molecule has 0 radical (unpaired) electrons. The number of nitrogens with zero attached hydrogens (tertiary/aromatic N) is 2. The van der Waals surface area contributed by atoms with Crippen molar-refractivity contribution in [2.75, 3.05) is 6.61 Å². The molecule has 4 nitrogen and oxygen atoms in total. The maximum atomic E-state index is 8.78. The summed E-state index contributed by atoms with van der Waals surface area (Å²) in [6.07, 6.45) is 6.18. The molecule has 0 saturated heterocycles. The second kappa shape index (κ2) is 8.27. The first-order chi connectivity index (χ1) is 8.71. The van der Waals surface area contributed by atoms with Crippen molar-refractivity contribution in [3.8, 4) is 0 Å². The predicted octanol–water partition coefficient (Wildman–Crippen LogP) is 2.49. The minimum atomic E-state index is 0.273. The van der Waals surface area contributed by atoms with Crippen molar-refractivity contribution in [1.29, 1.82) is 0 Å². The zero-order valence-electron chi connectivity index (χ0n) is 11.9. The zero-order chi connectivity index (χ0) is 13.4. The Morgan fingerprint density at radius 3 is 2.72 bits per heavy atom. The van der Waals surface area contributed by atoms with Crippen molar-refractivity contribution in [1.82, 2.24) is 15.1 Å². The van der Waals surface area contributed by atoms with Crippen LogP contribution in [0.5, 0.6) is 0 Å². The van der Waals surface area contributed by atoms with Crippen LogP contribution in [-0.4, -0.2) is 27.5 Å². The van der Waals surface area contributed by atoms with Gasteiger partial charge in [-0.2, -0.15) is 5.10 Å². The third kappa shape index (κ3) is 4.78. The number of aromatic nitrogens is 2. The lowest BCUT2D eigenvalue weighted by molar-refractivity contribution is 0.276. The smallest absolute Gasteiger partial charge is 0.0762 e. The van der Waals surface area contributed by atoms with Gasteiger partial charge < -0.3 is 10.4 Å². The molecule has 0 bridgehead atoms. The topological polar surface area (TPSA) is 50.1 Å². The van der Waals surface area contributed by atoms with E-state index in [1.807, 2.05) is 0 Å². The second-order valence-electron chi connectivity index (χ2n) is 4.91. The summed E-state index contributed by atoms with van der Waals surface area (Å²) in [5.74, 6) is 0. The van der Waals surface area contributed by atoms with E-state index in [0.717, 1.165) is 37.9 Å². The molecule has 1 atom stereocenters. The van der Waals surface area contributed by atoms with Crippen molar-refractivity contribution in [3.63, 3.8) is 0 Å². The van der Waals surface area contributed by atoms with Crippen LogP contribution < -0.4 is 5.32 Å². The van der Waals surface area contributed by atoms with E-state index in [1.165, 1.54) is 0 Å². The fraction of sp³-hybridized carbons (Fsp3) is 0.786. The minimum absolute atomic E-state index is 0.273. The molecule has 1 rings (SSSR count). The Labute approximate surface area is 110 Å². The Kier molecular flexibility index (Phi) is 6.98. The number of hydrogen-bond donors (Lipinski definition) is 2. The molecule has 1 unspecified atom stereocenters. The number of nitrogens with one attached hydrogen (secondary N) is 1. The molecule has 104 valence electrons. The Balaban J connectivity index is 2.39. The van der Waals surface area contributed by atoms with Crippen LogP contribution >= 0.6 is 0 Å². The molecule has 1 heterocycles. The third-order valence-electron chi connectivity index (χ3n) is 3.41. The van der Waals surface area contributed by atoms with Gasteiger partial charge in [-0.15, -0.1) is 0 Å². The van der Waals surface area contributed by atoms with Crippen molar-refractivity contribution in [2.24, 2.45) is 0 Å². The summed E-state index contributed by atoms with van der Waals surface area (Å²) in [6, 6.07) is 3.03. The molecule has 0 aliphatic rings. The summed E-state index contributed by atoms with van der Waals surface area (Å²) in [5, 5.41) is 16.8. The van der Waals surface area contributed by atoms with Crippen LogP contribution in [0.4, 0.5) is 0 Å². The van der Waals surface area contributed by atoms with Gasteiger partial charge in [-0.25, -0.2) is 0 Å². The van der Waals surface area contributed by atoms with Crippen LogP contribution in [0.25, 0.3) is 0 Å². The zero-order valence-corrected chi connectivity index (χ0v) is 11.9. The van der Waals surface area contributed by atoms with Gasteiger partial charge in [0.15, 0.2) is 0 Å². The van der Waals surface area contributed by atoms with Crippen molar-refractivity contribution in [2.45, 2.75) is 65.1 Å². The highest BCUT2D eigenvalue weighted by atomic mass is 16.2. The van der Waals surface area contributed by atoms with Crippen LogP contribution in [-0.2, 0) is 6.54 Å². The fourth-order valence-electron chi connectivity index (χ4n) is 2.12. The molecular weight excluding hydrogens is 226 g/mol. The lowest BCUT2D eigenvalue weighted by Crippen LogP contribution is -2.26. The van der Waals surface area contributed by atoms with Crippen molar-refractivity contribution < 1.29 is 5.11 Å². The van der Waals surface area contributed by atoms with E-state index in [0.29, 0.717) is 12.1 Å². The minimum Gasteiger partial charge on any atom is -0.396 e. The molecule has 0 saturated carbocycles. The standard InChI is InChI=1S/C14H27N3O/c1-4-14(5-2)17-9-8-13(16-17)11-15-12(3)7-6-10-18/h8-9,12,14-15,18H,4-7,10-11H2,1-3H3. The van der Waals surface area contributed by atoms with E-state index in [1.54, 1.807) is 0 Å². The van der Waals surface area contributed by atoms with Crippen molar-refractivity contribution in [3.05, 3.63) is 18.0 Å². The molecule has 0 aliphatic heterocycles. The maximum Gasteiger partial charge on any atom is 0.0762 e. The SMILES string of the molecule is CCC(CC)n1ccc(CNC(C)CCCO)n1. The van der Waals surface area contributed by atoms with Crippen molar-refractivity contribution >= 4 is 0 Å². The van der Waals surface area contributed by atoms with E-state index in [4.69, 9.17) is 5.11 Å². The largest absolute Gasteiger partial charge is 0.396 e. The summed E-state index contributed by atoms with van der Waals surface area (Å²) in [6.45, 7) is 7.62. The Morgan fingerprint density at radius 2 is 2.11 bits per heavy atom. The molecule has 0 aliphatic carbocycles. The molecule has 4 heteroatoms. The van der Waals surface area contributed by atoms with E-state index in [-0.39, 0.29) is 6.61 Å². The number of aliphatic hydroxyl groups excluding tert-OH is 1. The van der Waals surface area contributed by atoms with Gasteiger partial charge in [0.1, 0.15) is 0 Å². The molecule has 0 spiro atoms. The number of aliphatic hydroxyl groups is 1. The average Bonchev–Trinajstić information content (AvgIpc) is 2.84. The van der Waals surface area contributed by atoms with Crippen LogP contribution in [0.1, 0.15) is 58.2 Å². The van der Waals surface area contributed by atoms with Gasteiger partial charge in [0.25, 0.3) is 0 Å². The first-order valence-corrected chi connectivity index (χ1v) is 7.09. The van der Waals surface area contributed by atoms with Gasteiger partial charge in [0, 0.05) is 25.4 Å². The van der Waals surface area contributed by atoms with Crippen LogP contribution in [0.3, 0.4) is 0 Å². The lowest BCUT2D eigenvalue weighted by atomic mass is 10.2. The lowest BCUT2D eigenvalue weighted by Gasteiger charge is -2.13. The van der Waals surface area contributed by atoms with Gasteiger partial charge in [-0.1, -0.05) is 13.8 Å². The predicted molar refractivity (Wildman–Crippen MR) is 74.5 cm³/mol. The number of rotatable bonds is 9. The Bertz CT molecular complexity index is 321. The average molecular weight is 253 g/mol. The summed E-state index contributed by atoms with van der Waals surface area (Å²) in [7, 11) is 0. The number of hydrogen-bond acceptors (Lipinski definition) is 3. The van der Waals surface area contributed by atoms with Gasteiger partial charge in [-0.05, 0) is 38.7 Å². The summed E-state index contributed by atoms with van der Waals surface area (Å²) >= 11 is 0. The van der Waals surface area contributed by atoms with Gasteiger partial charge in [0.2, 0.25) is 0 Å². The van der Waals surface area contributed by atoms with Gasteiger partial charge in [0.05, 0.1) is 11.7 Å². The quantitative estimate of drug-likeness (QED) is 0.711. The molecule has 2 N–H and O–H groups in total. The van der Waals surface area contributed by atoms with Crippen LogP contribution in [0.15, 0.2) is 12.3 Å². The molecular formula is C14H27N3O. The highest BCUT2D eigenvalue weighted by molar-refractivity contribution is 4.99. The Hall–Kier alpha value is -0.870. The highest BCUT2D eigenvalue weighted by Crippen LogP contribution is 2.14. The van der Waals surface area contributed by atoms with E-state index >= 15 is 0 Å². The van der Waals surface area contributed by atoms with Crippen LogP contribution in [0.2, 0.25) is 0 Å². The fourth-order valence-corrected chi connectivity index (χ4v) is 2.12. The van der Waals surface area contributed by atoms with Gasteiger partial charge in [-0.3, -0.25) is 4.68 Å². The molecule has 18 heavy (non-hydrogen) atoms. The molecule has 1 aromatic rings. The normalized spacial score (nSPS) is 13.2. The first-order valence-electron chi connectivity index (χ1n) is 7.09. The van der Waals surface area contributed by atoms with Crippen LogP contribution in [0, 0.1) is 0 Å². The van der Waals surface area contributed by atoms with E-state index in [2.05, 4.69) is 48.1 Å². The highest BCUT2D eigenvalue weighted by Gasteiger charge is 2.08. The Morgan fingerprint density at radius 1 is 1.39 bits per heavy atom. The molecule has 0 fully saturated rings. The maximum absolute atomic E-state index is 8.78. The molecule has 0 aromatic carbocycles. The monoisotopic (exact) mass is 253 g/mol. The van der Waals surface area contributed by atoms with E-state index < -0.39 is 0 Å². The second-order valence-corrected chi connectivity index (χ2v) is 4.91. The molecule has 1 aromatic heterocycles. The first kappa shape index (κ1) is 15.2. The van der Waals surface area contributed by atoms with Gasteiger partial charge >= 0.3 is 0 Å². The summed E-state index contributed by atoms with van der Waals surface area (Å²) in [4.78, 5) is 0. The summed E-state index contributed by atoms with van der Waals surface area (Å²) < 4.78 is 2.08. The third-order valence-corrected chi connectivity index (χ3v) is 3.41.